The summed E-state index contributed by atoms with van der Waals surface area (Å²) < 4.78 is 41.0. The van der Waals surface area contributed by atoms with Gasteiger partial charge in [0.1, 0.15) is 0 Å². The van der Waals surface area contributed by atoms with Crippen LogP contribution in [0.15, 0.2) is 53.7 Å². The molecule has 0 saturated heterocycles. The predicted molar refractivity (Wildman–Crippen MR) is 125 cm³/mol. The number of carbonyl (C=O) groups excluding carboxylic acids is 1. The van der Waals surface area contributed by atoms with Gasteiger partial charge in [0.2, 0.25) is 11.1 Å². The summed E-state index contributed by atoms with van der Waals surface area (Å²) in [5.41, 5.74) is 2.48. The number of anilines is 1. The van der Waals surface area contributed by atoms with E-state index in [1.54, 1.807) is 4.52 Å². The molecule has 0 fully saturated rings. The molecule has 0 aliphatic heterocycles. The van der Waals surface area contributed by atoms with Crippen LogP contribution in [0.25, 0.3) is 5.78 Å². The zero-order valence-corrected chi connectivity index (χ0v) is 19.7. The molecule has 0 aliphatic carbocycles. The second kappa shape index (κ2) is 9.63. The molecular weight excluding hydrogens is 487 g/mol. The van der Waals surface area contributed by atoms with Crippen LogP contribution in [0.4, 0.5) is 18.9 Å². The molecule has 0 atom stereocenters. The van der Waals surface area contributed by atoms with E-state index in [0.29, 0.717) is 22.4 Å². The number of hydrogen-bond donors (Lipinski definition) is 1. The summed E-state index contributed by atoms with van der Waals surface area (Å²) in [7, 11) is 0. The second-order valence-electron chi connectivity index (χ2n) is 7.55. The van der Waals surface area contributed by atoms with Gasteiger partial charge in [0.15, 0.2) is 0 Å². The van der Waals surface area contributed by atoms with E-state index < -0.39 is 17.6 Å². The minimum Gasteiger partial charge on any atom is -0.325 e. The maximum atomic E-state index is 13.1. The van der Waals surface area contributed by atoms with Crippen LogP contribution in [0.1, 0.15) is 28.1 Å². The number of alkyl halides is 3. The zero-order valence-electron chi connectivity index (χ0n) is 18.2. The summed E-state index contributed by atoms with van der Waals surface area (Å²) in [5.74, 6) is -0.366. The van der Waals surface area contributed by atoms with Crippen molar-refractivity contribution in [3.63, 3.8) is 0 Å². The zero-order chi connectivity index (χ0) is 24.5. The van der Waals surface area contributed by atoms with Gasteiger partial charge >= 0.3 is 6.18 Å². The van der Waals surface area contributed by atoms with E-state index >= 15 is 0 Å². The fraction of sp³-hybridized carbons (Fsp3) is 0.217. The first-order valence-corrected chi connectivity index (χ1v) is 11.5. The van der Waals surface area contributed by atoms with Gasteiger partial charge in [-0.15, -0.1) is 5.10 Å². The highest BCUT2D eigenvalue weighted by atomic mass is 35.5. The lowest BCUT2D eigenvalue weighted by atomic mass is 10.0. The van der Waals surface area contributed by atoms with Crippen molar-refractivity contribution < 1.29 is 18.0 Å². The Kier molecular flexibility index (Phi) is 6.81. The normalized spacial score (nSPS) is 11.7. The predicted octanol–water partition coefficient (Wildman–Crippen LogP) is 5.73. The summed E-state index contributed by atoms with van der Waals surface area (Å²) in [6.07, 6.45) is -3.95. The van der Waals surface area contributed by atoms with Gasteiger partial charge in [-0.25, -0.2) is 9.50 Å². The summed E-state index contributed by atoms with van der Waals surface area (Å²) in [6, 6.07) is 12.4. The van der Waals surface area contributed by atoms with Crippen LogP contribution in [0.3, 0.4) is 0 Å². The molecule has 4 aromatic rings. The van der Waals surface area contributed by atoms with E-state index in [4.69, 9.17) is 11.6 Å². The highest BCUT2D eigenvalue weighted by Crippen LogP contribution is 2.34. The Bertz CT molecular complexity index is 1370. The van der Waals surface area contributed by atoms with Crippen LogP contribution in [0.5, 0.6) is 0 Å². The maximum Gasteiger partial charge on any atom is 0.418 e. The van der Waals surface area contributed by atoms with Gasteiger partial charge in [0.05, 0.1) is 17.0 Å². The molecule has 0 bridgehead atoms. The third-order valence-corrected chi connectivity index (χ3v) is 6.21. The number of rotatable bonds is 6. The number of thioether (sulfide) groups is 1. The second-order valence-corrected chi connectivity index (χ2v) is 8.93. The van der Waals surface area contributed by atoms with Crippen molar-refractivity contribution in [2.75, 3.05) is 11.1 Å². The highest BCUT2D eigenvalue weighted by Gasteiger charge is 2.33. The number of benzene rings is 2. The van der Waals surface area contributed by atoms with Gasteiger partial charge in [-0.05, 0) is 49.2 Å². The number of para-hydroxylation sites is 1. The molecule has 1 amide bonds. The van der Waals surface area contributed by atoms with E-state index in [-0.39, 0.29) is 11.4 Å². The van der Waals surface area contributed by atoms with Crippen molar-refractivity contribution in [3.8, 4) is 0 Å². The summed E-state index contributed by atoms with van der Waals surface area (Å²) in [4.78, 5) is 21.2. The van der Waals surface area contributed by atoms with Gasteiger partial charge in [0.25, 0.3) is 5.78 Å². The molecule has 4 rings (SSSR count). The first-order chi connectivity index (χ1) is 16.1. The average molecular weight is 506 g/mol. The van der Waals surface area contributed by atoms with E-state index in [1.807, 2.05) is 38.1 Å². The number of fused-ring (bicyclic) bond motifs is 1. The van der Waals surface area contributed by atoms with Gasteiger partial charge in [-0.2, -0.15) is 18.2 Å². The monoisotopic (exact) mass is 505 g/mol. The van der Waals surface area contributed by atoms with Gasteiger partial charge in [-0.1, -0.05) is 47.6 Å². The molecule has 0 unspecified atom stereocenters. The molecule has 2 aromatic carbocycles. The number of halogens is 4. The van der Waals surface area contributed by atoms with Gasteiger partial charge in [0, 0.05) is 22.8 Å². The molecule has 2 aromatic heterocycles. The van der Waals surface area contributed by atoms with Crippen molar-refractivity contribution in [1.82, 2.24) is 19.6 Å². The molecule has 11 heteroatoms. The van der Waals surface area contributed by atoms with Crippen LogP contribution >= 0.6 is 23.4 Å². The smallest absolute Gasteiger partial charge is 0.325 e. The van der Waals surface area contributed by atoms with Crippen LogP contribution in [0, 0.1) is 13.8 Å². The minimum absolute atomic E-state index is 0.156. The SMILES string of the molecule is Cc1nc2nc(SCC(=O)Nc3ccccc3C(F)(F)F)nn2c(C)c1Cc1cccc(Cl)c1. The number of nitrogens with one attached hydrogen (secondary N) is 1. The van der Waals surface area contributed by atoms with E-state index in [9.17, 15) is 18.0 Å². The number of nitrogens with zero attached hydrogens (tertiary/aromatic N) is 4. The number of hydrogen-bond acceptors (Lipinski definition) is 5. The lowest BCUT2D eigenvalue weighted by molar-refractivity contribution is -0.137. The van der Waals surface area contributed by atoms with Crippen LogP contribution in [-0.4, -0.2) is 31.2 Å². The fourth-order valence-electron chi connectivity index (χ4n) is 3.51. The Morgan fingerprint density at radius 1 is 1.12 bits per heavy atom. The molecule has 0 spiro atoms. The lowest BCUT2D eigenvalue weighted by Crippen LogP contribution is -2.18. The first-order valence-electron chi connectivity index (χ1n) is 10.2. The summed E-state index contributed by atoms with van der Waals surface area (Å²) in [6.45, 7) is 3.80. The minimum atomic E-state index is -4.57. The van der Waals surface area contributed by atoms with Crippen molar-refractivity contribution in [2.45, 2.75) is 31.6 Å². The maximum absolute atomic E-state index is 13.1. The first kappa shape index (κ1) is 24.0. The lowest BCUT2D eigenvalue weighted by Gasteiger charge is -2.13. The van der Waals surface area contributed by atoms with E-state index in [1.165, 1.54) is 18.2 Å². The van der Waals surface area contributed by atoms with Crippen LogP contribution in [-0.2, 0) is 17.4 Å². The van der Waals surface area contributed by atoms with Crippen molar-refractivity contribution in [1.29, 1.82) is 0 Å². The molecule has 0 saturated carbocycles. The quantitative estimate of drug-likeness (QED) is 0.339. The molecule has 0 radical (unpaired) electrons. The van der Waals surface area contributed by atoms with Crippen LogP contribution < -0.4 is 5.32 Å². The Hall–Kier alpha value is -3.11. The average Bonchev–Trinajstić information content (AvgIpc) is 3.18. The largest absolute Gasteiger partial charge is 0.418 e. The molecule has 1 N–H and O–H groups in total. The molecule has 0 aliphatic rings. The van der Waals surface area contributed by atoms with Crippen molar-refractivity contribution in [2.24, 2.45) is 0 Å². The van der Waals surface area contributed by atoms with Crippen LogP contribution in [0.2, 0.25) is 5.02 Å². The number of aryl methyl sites for hydroxylation is 2. The van der Waals surface area contributed by atoms with Crippen molar-refractivity contribution in [3.05, 3.63) is 81.6 Å². The van der Waals surface area contributed by atoms with E-state index in [2.05, 4.69) is 20.4 Å². The Balaban J connectivity index is 1.49. The Morgan fingerprint density at radius 2 is 1.88 bits per heavy atom. The highest BCUT2D eigenvalue weighted by molar-refractivity contribution is 7.99. The summed E-state index contributed by atoms with van der Waals surface area (Å²) >= 11 is 7.12. The van der Waals surface area contributed by atoms with Gasteiger partial charge in [-0.3, -0.25) is 4.79 Å². The number of carbonyl (C=O) groups is 1. The Labute approximate surface area is 202 Å². The van der Waals surface area contributed by atoms with Gasteiger partial charge < -0.3 is 5.32 Å². The molecule has 34 heavy (non-hydrogen) atoms. The molecule has 176 valence electrons. The molecule has 6 nitrogen and oxygen atoms in total. The molecular formula is C23H19ClF3N5OS. The third-order valence-electron chi connectivity index (χ3n) is 5.14. The summed E-state index contributed by atoms with van der Waals surface area (Å²) in [5, 5.41) is 7.69. The number of amides is 1. The standard InChI is InChI=1S/C23H19ClF3N5OS/c1-13-17(11-15-6-5-7-16(24)10-15)14(2)32-21(28-13)30-22(31-32)34-12-20(33)29-19-9-4-3-8-18(19)23(25,26)27/h3-10H,11-12H2,1-2H3,(H,29,33). The Morgan fingerprint density at radius 3 is 2.62 bits per heavy atom. The van der Waals surface area contributed by atoms with E-state index in [0.717, 1.165) is 40.3 Å². The van der Waals surface area contributed by atoms with Crippen molar-refractivity contribution >= 4 is 40.7 Å². The number of aromatic nitrogens is 4. The topological polar surface area (TPSA) is 72.2 Å². The fourth-order valence-corrected chi connectivity index (χ4v) is 4.34. The molecule has 2 heterocycles. The third kappa shape index (κ3) is 5.34.